The second kappa shape index (κ2) is 6.45. The zero-order valence-corrected chi connectivity index (χ0v) is 11.4. The lowest BCUT2D eigenvalue weighted by molar-refractivity contribution is -0.118. The molecule has 0 saturated carbocycles. The number of phenolic OH excluding ortho intramolecular Hbond substituents is 1. The van der Waals surface area contributed by atoms with E-state index in [9.17, 15) is 9.90 Å². The summed E-state index contributed by atoms with van der Waals surface area (Å²) in [5.74, 6) is 0.197. The zero-order chi connectivity index (χ0) is 12.8. The lowest BCUT2D eigenvalue weighted by Gasteiger charge is -2.07. The minimum atomic E-state index is -0.0168. The molecule has 0 saturated heterocycles. The highest BCUT2D eigenvalue weighted by Crippen LogP contribution is 2.28. The number of halogens is 1. The standard InChI is InChI=1S/C13H16BrNO2/c1-9(4-3-7-15-10(2)16)11-5-6-12(14)13(17)8-11/h5-6,8,17H,1,3-4,7H2,2H3,(H,15,16). The minimum absolute atomic E-state index is 0.0168. The molecule has 1 aromatic rings. The molecular formula is C13H16BrNO2. The molecule has 1 amide bonds. The van der Waals surface area contributed by atoms with E-state index < -0.39 is 0 Å². The zero-order valence-electron chi connectivity index (χ0n) is 9.79. The molecule has 0 atom stereocenters. The van der Waals surface area contributed by atoms with Gasteiger partial charge in [-0.15, -0.1) is 0 Å². The molecule has 2 N–H and O–H groups in total. The van der Waals surface area contributed by atoms with Gasteiger partial charge in [0.15, 0.2) is 0 Å². The molecule has 3 nitrogen and oxygen atoms in total. The van der Waals surface area contributed by atoms with E-state index in [1.807, 2.05) is 6.07 Å². The van der Waals surface area contributed by atoms with Crippen molar-refractivity contribution in [3.05, 3.63) is 34.8 Å². The average molecular weight is 298 g/mol. The Morgan fingerprint density at radius 2 is 2.24 bits per heavy atom. The number of rotatable bonds is 5. The van der Waals surface area contributed by atoms with E-state index in [-0.39, 0.29) is 11.7 Å². The summed E-state index contributed by atoms with van der Waals surface area (Å²) in [5, 5.41) is 12.3. The Morgan fingerprint density at radius 1 is 1.53 bits per heavy atom. The number of hydrogen-bond acceptors (Lipinski definition) is 2. The van der Waals surface area contributed by atoms with Crippen LogP contribution in [-0.2, 0) is 4.79 Å². The minimum Gasteiger partial charge on any atom is -0.507 e. The van der Waals surface area contributed by atoms with Gasteiger partial charge in [-0.05, 0) is 52.0 Å². The summed E-state index contributed by atoms with van der Waals surface area (Å²) in [5.41, 5.74) is 1.88. The summed E-state index contributed by atoms with van der Waals surface area (Å²) in [7, 11) is 0. The lowest BCUT2D eigenvalue weighted by atomic mass is 10.0. The fourth-order valence-electron chi connectivity index (χ4n) is 1.44. The molecule has 0 aliphatic heterocycles. The predicted octanol–water partition coefficient (Wildman–Crippen LogP) is 3.08. The Bertz CT molecular complexity index is 429. The molecule has 0 unspecified atom stereocenters. The van der Waals surface area contributed by atoms with Crippen LogP contribution >= 0.6 is 15.9 Å². The van der Waals surface area contributed by atoms with Crippen LogP contribution in [0.1, 0.15) is 25.3 Å². The summed E-state index contributed by atoms with van der Waals surface area (Å²) < 4.78 is 0.673. The van der Waals surface area contributed by atoms with Crippen molar-refractivity contribution in [1.82, 2.24) is 5.32 Å². The molecule has 0 spiro atoms. The topological polar surface area (TPSA) is 49.3 Å². The van der Waals surface area contributed by atoms with Gasteiger partial charge >= 0.3 is 0 Å². The third-order valence-electron chi connectivity index (χ3n) is 2.38. The van der Waals surface area contributed by atoms with Crippen molar-refractivity contribution in [3.8, 4) is 5.75 Å². The van der Waals surface area contributed by atoms with Gasteiger partial charge in [0.2, 0.25) is 5.91 Å². The van der Waals surface area contributed by atoms with E-state index >= 15 is 0 Å². The smallest absolute Gasteiger partial charge is 0.216 e. The molecule has 92 valence electrons. The van der Waals surface area contributed by atoms with E-state index in [0.29, 0.717) is 11.0 Å². The molecular weight excluding hydrogens is 282 g/mol. The number of amides is 1. The molecule has 1 rings (SSSR count). The number of carbonyl (C=O) groups is 1. The summed E-state index contributed by atoms with van der Waals surface area (Å²) in [6, 6.07) is 5.39. The number of carbonyl (C=O) groups excluding carboxylic acids is 1. The molecule has 0 aliphatic carbocycles. The van der Waals surface area contributed by atoms with Crippen molar-refractivity contribution < 1.29 is 9.90 Å². The van der Waals surface area contributed by atoms with Crippen LogP contribution in [0.3, 0.4) is 0 Å². The SMILES string of the molecule is C=C(CCCNC(C)=O)c1ccc(Br)c(O)c1. The Kier molecular flexibility index (Phi) is 5.22. The largest absolute Gasteiger partial charge is 0.507 e. The third-order valence-corrected chi connectivity index (χ3v) is 3.05. The maximum absolute atomic E-state index is 10.7. The number of aromatic hydroxyl groups is 1. The molecule has 1 aromatic carbocycles. The molecule has 0 aliphatic rings. The summed E-state index contributed by atoms with van der Waals surface area (Å²) in [4.78, 5) is 10.7. The molecule has 4 heteroatoms. The predicted molar refractivity (Wildman–Crippen MR) is 72.8 cm³/mol. The molecule has 0 heterocycles. The maximum Gasteiger partial charge on any atom is 0.216 e. The number of benzene rings is 1. The van der Waals surface area contributed by atoms with Crippen molar-refractivity contribution in [2.24, 2.45) is 0 Å². The molecule has 0 bridgehead atoms. The van der Waals surface area contributed by atoms with E-state index in [1.165, 1.54) is 6.92 Å². The lowest BCUT2D eigenvalue weighted by Crippen LogP contribution is -2.20. The quantitative estimate of drug-likeness (QED) is 0.821. The maximum atomic E-state index is 10.7. The van der Waals surface area contributed by atoms with Gasteiger partial charge in [0, 0.05) is 13.5 Å². The Hall–Kier alpha value is -1.29. The van der Waals surface area contributed by atoms with Gasteiger partial charge in [-0.25, -0.2) is 0 Å². The monoisotopic (exact) mass is 297 g/mol. The Labute approximate surface area is 110 Å². The van der Waals surface area contributed by atoms with Crippen molar-refractivity contribution in [2.75, 3.05) is 6.54 Å². The fourth-order valence-corrected chi connectivity index (χ4v) is 1.69. The van der Waals surface area contributed by atoms with Crippen molar-refractivity contribution in [1.29, 1.82) is 0 Å². The van der Waals surface area contributed by atoms with E-state index in [0.717, 1.165) is 24.0 Å². The Balaban J connectivity index is 2.47. The van der Waals surface area contributed by atoms with Crippen molar-refractivity contribution in [2.45, 2.75) is 19.8 Å². The van der Waals surface area contributed by atoms with Crippen LogP contribution in [-0.4, -0.2) is 17.6 Å². The van der Waals surface area contributed by atoms with Crippen LogP contribution in [0.2, 0.25) is 0 Å². The van der Waals surface area contributed by atoms with Gasteiger partial charge in [-0.2, -0.15) is 0 Å². The molecule has 17 heavy (non-hydrogen) atoms. The first-order chi connectivity index (χ1) is 8.00. The first-order valence-electron chi connectivity index (χ1n) is 5.42. The van der Waals surface area contributed by atoms with Crippen molar-refractivity contribution >= 4 is 27.4 Å². The van der Waals surface area contributed by atoms with Crippen LogP contribution in [0.4, 0.5) is 0 Å². The average Bonchev–Trinajstić information content (AvgIpc) is 2.27. The summed E-state index contributed by atoms with van der Waals surface area (Å²) >= 11 is 3.23. The number of nitrogens with one attached hydrogen (secondary N) is 1. The second-order valence-corrected chi connectivity index (χ2v) is 4.71. The first kappa shape index (κ1) is 13.8. The van der Waals surface area contributed by atoms with Crippen LogP contribution in [0, 0.1) is 0 Å². The normalized spacial score (nSPS) is 10.0. The fraction of sp³-hybridized carbons (Fsp3) is 0.308. The highest BCUT2D eigenvalue weighted by Gasteiger charge is 2.03. The summed E-state index contributed by atoms with van der Waals surface area (Å²) in [6.07, 6.45) is 1.64. The van der Waals surface area contributed by atoms with E-state index in [1.54, 1.807) is 12.1 Å². The third kappa shape index (κ3) is 4.61. The van der Waals surface area contributed by atoms with Gasteiger partial charge in [-0.1, -0.05) is 12.6 Å². The van der Waals surface area contributed by atoms with Gasteiger partial charge in [0.1, 0.15) is 5.75 Å². The van der Waals surface area contributed by atoms with E-state index in [2.05, 4.69) is 27.8 Å². The second-order valence-electron chi connectivity index (χ2n) is 3.86. The van der Waals surface area contributed by atoms with Crippen LogP contribution in [0.5, 0.6) is 5.75 Å². The first-order valence-corrected chi connectivity index (χ1v) is 6.21. The highest BCUT2D eigenvalue weighted by molar-refractivity contribution is 9.10. The van der Waals surface area contributed by atoms with Crippen LogP contribution in [0.25, 0.3) is 5.57 Å². The molecule has 0 radical (unpaired) electrons. The number of hydrogen-bond donors (Lipinski definition) is 2. The van der Waals surface area contributed by atoms with Gasteiger partial charge in [-0.3, -0.25) is 4.79 Å². The number of allylic oxidation sites excluding steroid dienone is 1. The van der Waals surface area contributed by atoms with Crippen LogP contribution in [0.15, 0.2) is 29.3 Å². The van der Waals surface area contributed by atoms with Gasteiger partial charge in [0.25, 0.3) is 0 Å². The highest BCUT2D eigenvalue weighted by atomic mass is 79.9. The Morgan fingerprint density at radius 3 is 2.82 bits per heavy atom. The van der Waals surface area contributed by atoms with Crippen molar-refractivity contribution in [3.63, 3.8) is 0 Å². The van der Waals surface area contributed by atoms with E-state index in [4.69, 9.17) is 0 Å². The molecule has 0 fully saturated rings. The molecule has 0 aromatic heterocycles. The number of phenols is 1. The van der Waals surface area contributed by atoms with Gasteiger partial charge < -0.3 is 10.4 Å². The van der Waals surface area contributed by atoms with Gasteiger partial charge in [0.05, 0.1) is 4.47 Å². The summed E-state index contributed by atoms with van der Waals surface area (Å²) in [6.45, 7) is 6.12. The van der Waals surface area contributed by atoms with Crippen LogP contribution < -0.4 is 5.32 Å².